The third kappa shape index (κ3) is 5.31. The van der Waals surface area contributed by atoms with E-state index in [1.807, 2.05) is 6.20 Å². The van der Waals surface area contributed by atoms with Crippen molar-refractivity contribution in [3.8, 4) is 0 Å². The van der Waals surface area contributed by atoms with E-state index in [1.54, 1.807) is 0 Å². The molecule has 1 N–H and O–H groups in total. The largest absolute Gasteiger partial charge is 0.372 e. The fourth-order valence-electron chi connectivity index (χ4n) is 2.99. The number of rotatable bonds is 4. The van der Waals surface area contributed by atoms with Gasteiger partial charge >= 0.3 is 0 Å². The molecule has 0 aliphatic heterocycles. The molecular weight excluding hydrogens is 258 g/mol. The molecule has 3 nitrogen and oxygen atoms in total. The van der Waals surface area contributed by atoms with E-state index in [2.05, 4.69) is 55.2 Å². The van der Waals surface area contributed by atoms with Gasteiger partial charge in [-0.1, -0.05) is 25.7 Å². The van der Waals surface area contributed by atoms with Crippen molar-refractivity contribution in [2.24, 2.45) is 0 Å². The number of pyridine rings is 1. The summed E-state index contributed by atoms with van der Waals surface area (Å²) in [6.07, 6.45) is 10.2. The molecule has 1 saturated carbocycles. The predicted octanol–water partition coefficient (Wildman–Crippen LogP) is 4.13. The van der Waals surface area contributed by atoms with Crippen LogP contribution in [0.15, 0.2) is 18.3 Å². The molecule has 118 valence electrons. The van der Waals surface area contributed by atoms with E-state index >= 15 is 0 Å². The number of anilines is 1. The van der Waals surface area contributed by atoms with E-state index in [0.717, 1.165) is 12.2 Å². The third-order valence-corrected chi connectivity index (χ3v) is 4.38. The zero-order valence-corrected chi connectivity index (χ0v) is 14.2. The lowest BCUT2D eigenvalue weighted by atomic mass is 10.1. The second-order valence-electron chi connectivity index (χ2n) is 7.37. The van der Waals surface area contributed by atoms with Gasteiger partial charge in [-0.05, 0) is 45.7 Å². The summed E-state index contributed by atoms with van der Waals surface area (Å²) in [6, 6.07) is 5.08. The van der Waals surface area contributed by atoms with Crippen LogP contribution in [0.5, 0.6) is 0 Å². The summed E-state index contributed by atoms with van der Waals surface area (Å²) < 4.78 is 0. The van der Waals surface area contributed by atoms with E-state index in [9.17, 15) is 0 Å². The molecule has 3 heteroatoms. The second-order valence-corrected chi connectivity index (χ2v) is 7.37. The molecule has 2 rings (SSSR count). The molecule has 1 fully saturated rings. The third-order valence-electron chi connectivity index (χ3n) is 4.38. The first-order valence-electron chi connectivity index (χ1n) is 8.38. The van der Waals surface area contributed by atoms with Gasteiger partial charge in [-0.15, -0.1) is 0 Å². The maximum atomic E-state index is 4.50. The Kier molecular flexibility index (Phi) is 5.63. The molecule has 1 aromatic heterocycles. The minimum atomic E-state index is 0.130. The van der Waals surface area contributed by atoms with E-state index in [-0.39, 0.29) is 5.54 Å². The van der Waals surface area contributed by atoms with Gasteiger partial charge in [0.2, 0.25) is 0 Å². The molecule has 21 heavy (non-hydrogen) atoms. The summed E-state index contributed by atoms with van der Waals surface area (Å²) in [5, 5.41) is 3.51. The molecule has 1 aromatic rings. The highest BCUT2D eigenvalue weighted by Gasteiger charge is 2.18. The Morgan fingerprint density at radius 1 is 1.19 bits per heavy atom. The van der Waals surface area contributed by atoms with E-state index in [0.29, 0.717) is 6.04 Å². The number of nitrogens with zero attached hydrogens (tertiary/aromatic N) is 2. The summed E-state index contributed by atoms with van der Waals surface area (Å²) in [6.45, 7) is 7.40. The Morgan fingerprint density at radius 3 is 2.48 bits per heavy atom. The molecule has 0 radical (unpaired) electrons. The molecule has 1 heterocycles. The zero-order chi connectivity index (χ0) is 15.3. The van der Waals surface area contributed by atoms with Gasteiger partial charge < -0.3 is 10.2 Å². The van der Waals surface area contributed by atoms with Crippen molar-refractivity contribution in [2.45, 2.75) is 77.4 Å². The first kappa shape index (κ1) is 16.3. The van der Waals surface area contributed by atoms with Gasteiger partial charge in [0, 0.05) is 37.1 Å². The van der Waals surface area contributed by atoms with Gasteiger partial charge in [0.15, 0.2) is 0 Å². The van der Waals surface area contributed by atoms with Crippen LogP contribution in [0, 0.1) is 0 Å². The maximum Gasteiger partial charge on any atom is 0.0562 e. The van der Waals surface area contributed by atoms with Crippen LogP contribution in [0.4, 0.5) is 5.69 Å². The second kappa shape index (κ2) is 7.26. The fourth-order valence-corrected chi connectivity index (χ4v) is 2.99. The maximum absolute atomic E-state index is 4.50. The first-order chi connectivity index (χ1) is 9.96. The molecular formula is C18H31N3. The van der Waals surface area contributed by atoms with Gasteiger partial charge in [-0.25, -0.2) is 0 Å². The quantitative estimate of drug-likeness (QED) is 0.845. The molecule has 0 bridgehead atoms. The first-order valence-corrected chi connectivity index (χ1v) is 8.38. The van der Waals surface area contributed by atoms with E-state index in [1.165, 1.54) is 44.2 Å². The van der Waals surface area contributed by atoms with Crippen LogP contribution in [0.2, 0.25) is 0 Å². The summed E-state index contributed by atoms with van der Waals surface area (Å²) >= 11 is 0. The van der Waals surface area contributed by atoms with Crippen molar-refractivity contribution in [1.29, 1.82) is 0 Å². The normalized spacial score (nSPS) is 17.5. The molecule has 1 aliphatic carbocycles. The average molecular weight is 289 g/mol. The van der Waals surface area contributed by atoms with Crippen molar-refractivity contribution in [3.05, 3.63) is 24.0 Å². The van der Waals surface area contributed by atoms with E-state index < -0.39 is 0 Å². The minimum Gasteiger partial charge on any atom is -0.372 e. The van der Waals surface area contributed by atoms with Crippen LogP contribution < -0.4 is 10.2 Å². The highest BCUT2D eigenvalue weighted by Crippen LogP contribution is 2.25. The van der Waals surface area contributed by atoms with Crippen molar-refractivity contribution < 1.29 is 0 Å². The summed E-state index contributed by atoms with van der Waals surface area (Å²) in [7, 11) is 2.24. The molecule has 0 atom stereocenters. The number of hydrogen-bond donors (Lipinski definition) is 1. The van der Waals surface area contributed by atoms with Crippen molar-refractivity contribution in [1.82, 2.24) is 10.3 Å². The van der Waals surface area contributed by atoms with Crippen molar-refractivity contribution >= 4 is 5.69 Å². The molecule has 0 unspecified atom stereocenters. The van der Waals surface area contributed by atoms with Gasteiger partial charge in [-0.3, -0.25) is 4.98 Å². The number of hydrogen-bond acceptors (Lipinski definition) is 3. The minimum absolute atomic E-state index is 0.130. The predicted molar refractivity (Wildman–Crippen MR) is 90.7 cm³/mol. The van der Waals surface area contributed by atoms with Gasteiger partial charge in [0.05, 0.1) is 5.69 Å². The van der Waals surface area contributed by atoms with Crippen molar-refractivity contribution in [2.75, 3.05) is 11.9 Å². The van der Waals surface area contributed by atoms with Crippen LogP contribution >= 0.6 is 0 Å². The van der Waals surface area contributed by atoms with Gasteiger partial charge in [0.25, 0.3) is 0 Å². The number of nitrogens with one attached hydrogen (secondary N) is 1. The molecule has 1 aliphatic rings. The molecule has 0 aromatic carbocycles. The molecule has 0 amide bonds. The fraction of sp³-hybridized carbons (Fsp3) is 0.722. The Labute approximate surface area is 130 Å². The summed E-state index contributed by atoms with van der Waals surface area (Å²) in [5.41, 5.74) is 2.57. The smallest absolute Gasteiger partial charge is 0.0562 e. The van der Waals surface area contributed by atoms with Gasteiger partial charge in [-0.2, -0.15) is 0 Å². The van der Waals surface area contributed by atoms with Gasteiger partial charge in [0.1, 0.15) is 0 Å². The van der Waals surface area contributed by atoms with Crippen LogP contribution in [0.3, 0.4) is 0 Å². The highest BCUT2D eigenvalue weighted by molar-refractivity contribution is 5.46. The van der Waals surface area contributed by atoms with E-state index in [4.69, 9.17) is 0 Å². The highest BCUT2D eigenvalue weighted by atomic mass is 15.1. The Balaban J connectivity index is 2.01. The average Bonchev–Trinajstić information content (AvgIpc) is 2.73. The Morgan fingerprint density at radius 2 is 1.86 bits per heavy atom. The molecule has 0 saturated heterocycles. The standard InChI is InChI=1S/C18H31N3/c1-18(2,3)20-14-15-13-17(11-12-19-15)21(4)16-9-7-5-6-8-10-16/h11-13,16,20H,5-10,14H2,1-4H3. The summed E-state index contributed by atoms with van der Waals surface area (Å²) in [4.78, 5) is 6.97. The Bertz CT molecular complexity index is 428. The molecule has 0 spiro atoms. The SMILES string of the molecule is CN(c1ccnc(CNC(C)(C)C)c1)C1CCCCCC1. The summed E-state index contributed by atoms with van der Waals surface area (Å²) in [5.74, 6) is 0. The van der Waals surface area contributed by atoms with Crippen LogP contribution in [0.1, 0.15) is 65.0 Å². The monoisotopic (exact) mass is 289 g/mol. The zero-order valence-electron chi connectivity index (χ0n) is 14.2. The van der Waals surface area contributed by atoms with Crippen LogP contribution in [-0.2, 0) is 6.54 Å². The topological polar surface area (TPSA) is 28.2 Å². The lowest BCUT2D eigenvalue weighted by Crippen LogP contribution is -2.35. The Hall–Kier alpha value is -1.09. The van der Waals surface area contributed by atoms with Crippen LogP contribution in [0.25, 0.3) is 0 Å². The lowest BCUT2D eigenvalue weighted by molar-refractivity contribution is 0.421. The number of aromatic nitrogens is 1. The van der Waals surface area contributed by atoms with Crippen molar-refractivity contribution in [3.63, 3.8) is 0 Å². The lowest BCUT2D eigenvalue weighted by Gasteiger charge is -2.29. The van der Waals surface area contributed by atoms with Crippen LogP contribution in [-0.4, -0.2) is 23.6 Å².